The molecule has 4 heteroatoms. The molecule has 0 saturated heterocycles. The lowest BCUT2D eigenvalue weighted by Crippen LogP contribution is -2.28. The molecule has 0 amide bonds. The SMILES string of the molecule is C.C/C=C\C.C=Cc1cnc(N2CC/C=C(/C3=CCc4cccnc43)CCC2)c(F)c1.CC.CC. The number of allylic oxidation sites excluding steroid dienone is 5. The third-order valence-electron chi connectivity index (χ3n) is 5.39. The van der Waals surface area contributed by atoms with Crippen LogP contribution in [-0.2, 0) is 6.42 Å². The van der Waals surface area contributed by atoms with Crippen LogP contribution in [0, 0.1) is 5.82 Å². The second-order valence-electron chi connectivity index (χ2n) is 7.39. The average Bonchev–Trinajstić information content (AvgIpc) is 3.31. The third kappa shape index (κ3) is 9.28. The third-order valence-corrected chi connectivity index (χ3v) is 5.39. The largest absolute Gasteiger partial charge is 0.354 e. The Labute approximate surface area is 214 Å². The van der Waals surface area contributed by atoms with Gasteiger partial charge >= 0.3 is 0 Å². The Kier molecular flexibility index (Phi) is 16.8. The highest BCUT2D eigenvalue weighted by atomic mass is 19.1. The molecule has 4 rings (SSSR count). The van der Waals surface area contributed by atoms with Crippen molar-refractivity contribution < 1.29 is 4.39 Å². The van der Waals surface area contributed by atoms with Crippen molar-refractivity contribution in [3.8, 4) is 0 Å². The maximum absolute atomic E-state index is 14.4. The molecule has 0 unspecified atom stereocenters. The number of aromatic nitrogens is 2. The fourth-order valence-electron chi connectivity index (χ4n) is 3.75. The van der Waals surface area contributed by atoms with E-state index in [2.05, 4.69) is 34.8 Å². The van der Waals surface area contributed by atoms with Crippen LogP contribution in [-0.4, -0.2) is 23.1 Å². The minimum atomic E-state index is -0.274. The molecule has 2 aromatic rings. The van der Waals surface area contributed by atoms with Gasteiger partial charge in [-0.25, -0.2) is 9.37 Å². The molecule has 0 bridgehead atoms. The standard InChI is InChI=1S/C22H22FN3.C4H8.2C2H6.CH4/c1-2-16-14-20(23)22(25-15-16)26-12-4-7-17(8-5-13-26)19-10-9-18-6-3-11-24-21(18)19;1-3-4-2;2*1-2;/h2-3,6-7,10-11,14-15H,1,4-5,8-9,12-13H2;3-4H,1-2H3;2*1-2H3;1H4/b17-7+;4-3-;;;. The highest BCUT2D eigenvalue weighted by molar-refractivity contribution is 5.82. The van der Waals surface area contributed by atoms with Crippen LogP contribution in [0.5, 0.6) is 0 Å². The number of halogens is 1. The molecular weight excluding hydrogens is 433 g/mol. The summed E-state index contributed by atoms with van der Waals surface area (Å²) >= 11 is 0. The lowest BCUT2D eigenvalue weighted by atomic mass is 9.97. The predicted molar refractivity (Wildman–Crippen MR) is 154 cm³/mol. The highest BCUT2D eigenvalue weighted by Gasteiger charge is 2.20. The zero-order valence-corrected chi connectivity index (χ0v) is 21.9. The van der Waals surface area contributed by atoms with Crippen molar-refractivity contribution in [1.82, 2.24) is 9.97 Å². The second kappa shape index (κ2) is 18.3. The zero-order chi connectivity index (χ0) is 25.3. The smallest absolute Gasteiger partial charge is 0.166 e. The maximum atomic E-state index is 14.4. The van der Waals surface area contributed by atoms with E-state index in [1.165, 1.54) is 22.8 Å². The van der Waals surface area contributed by atoms with Crippen LogP contribution >= 0.6 is 0 Å². The van der Waals surface area contributed by atoms with Crippen molar-refractivity contribution in [3.05, 3.63) is 89.7 Å². The molecule has 1 aliphatic heterocycles. The Morgan fingerprint density at radius 2 is 1.74 bits per heavy atom. The molecule has 0 radical (unpaired) electrons. The Hall–Kier alpha value is -3.01. The van der Waals surface area contributed by atoms with Gasteiger partial charge in [0.1, 0.15) is 0 Å². The summed E-state index contributed by atoms with van der Waals surface area (Å²) in [6.45, 7) is 17.2. The van der Waals surface area contributed by atoms with Crippen LogP contribution in [0.3, 0.4) is 0 Å². The fraction of sp³-hybridized carbons (Fsp3) is 0.419. The molecule has 3 nitrogen and oxygen atoms in total. The summed E-state index contributed by atoms with van der Waals surface area (Å²) in [5, 5.41) is 0. The van der Waals surface area contributed by atoms with Crippen molar-refractivity contribution in [1.29, 1.82) is 0 Å². The number of nitrogens with zero attached hydrogens (tertiary/aromatic N) is 3. The first-order valence-electron chi connectivity index (χ1n) is 12.6. The van der Waals surface area contributed by atoms with Gasteiger partial charge < -0.3 is 4.90 Å². The van der Waals surface area contributed by atoms with E-state index in [9.17, 15) is 4.39 Å². The molecule has 2 aliphatic rings. The van der Waals surface area contributed by atoms with Crippen molar-refractivity contribution >= 4 is 17.5 Å². The molecule has 192 valence electrons. The summed E-state index contributed by atoms with van der Waals surface area (Å²) in [6, 6.07) is 5.65. The number of pyridine rings is 2. The number of anilines is 1. The van der Waals surface area contributed by atoms with Crippen molar-refractivity contribution in [2.24, 2.45) is 0 Å². The van der Waals surface area contributed by atoms with Crippen molar-refractivity contribution in [2.75, 3.05) is 18.0 Å². The van der Waals surface area contributed by atoms with Crippen LogP contribution in [0.4, 0.5) is 10.2 Å². The molecule has 0 spiro atoms. The number of fused-ring (bicyclic) bond motifs is 1. The van der Waals surface area contributed by atoms with Gasteiger partial charge in [0.2, 0.25) is 0 Å². The summed E-state index contributed by atoms with van der Waals surface area (Å²) in [4.78, 5) is 10.9. The summed E-state index contributed by atoms with van der Waals surface area (Å²) in [5.74, 6) is 0.170. The normalized spacial score (nSPS) is 15.6. The summed E-state index contributed by atoms with van der Waals surface area (Å²) in [5.41, 5.74) is 5.80. The molecule has 0 saturated carbocycles. The lowest BCUT2D eigenvalue weighted by molar-refractivity contribution is 0.601. The number of hydrogen-bond donors (Lipinski definition) is 0. The maximum Gasteiger partial charge on any atom is 0.166 e. The highest BCUT2D eigenvalue weighted by Crippen LogP contribution is 2.34. The molecule has 2 aromatic heterocycles. The first-order valence-corrected chi connectivity index (χ1v) is 12.6. The Bertz CT molecular complexity index is 969. The summed E-state index contributed by atoms with van der Waals surface area (Å²) in [7, 11) is 0. The van der Waals surface area contributed by atoms with Crippen LogP contribution in [0.2, 0.25) is 0 Å². The predicted octanol–water partition coefficient (Wildman–Crippen LogP) is 9.09. The number of hydrogen-bond acceptors (Lipinski definition) is 3. The Morgan fingerprint density at radius 1 is 1.03 bits per heavy atom. The minimum absolute atomic E-state index is 0. The van der Waals surface area contributed by atoms with E-state index in [1.807, 2.05) is 70.9 Å². The van der Waals surface area contributed by atoms with Crippen LogP contribution in [0.15, 0.2) is 67.0 Å². The van der Waals surface area contributed by atoms with E-state index < -0.39 is 0 Å². The second-order valence-corrected chi connectivity index (χ2v) is 7.39. The summed E-state index contributed by atoms with van der Waals surface area (Å²) < 4.78 is 14.4. The van der Waals surface area contributed by atoms with Gasteiger partial charge in [0, 0.05) is 25.5 Å². The molecule has 0 atom stereocenters. The topological polar surface area (TPSA) is 29.0 Å². The van der Waals surface area contributed by atoms with E-state index in [0.717, 1.165) is 44.5 Å². The van der Waals surface area contributed by atoms with Gasteiger partial charge in [0.25, 0.3) is 0 Å². The van der Waals surface area contributed by atoms with Gasteiger partial charge in [-0.05, 0) is 73.9 Å². The molecule has 3 heterocycles. The first-order chi connectivity index (χ1) is 16.7. The molecule has 0 aromatic carbocycles. The van der Waals surface area contributed by atoms with Crippen LogP contribution < -0.4 is 4.90 Å². The van der Waals surface area contributed by atoms with Crippen LogP contribution in [0.1, 0.15) is 85.1 Å². The van der Waals surface area contributed by atoms with E-state index in [-0.39, 0.29) is 13.2 Å². The van der Waals surface area contributed by atoms with Gasteiger partial charge in [-0.3, -0.25) is 4.98 Å². The number of rotatable bonds is 3. The molecule has 1 aliphatic carbocycles. The summed E-state index contributed by atoms with van der Waals surface area (Å²) in [6.07, 6.45) is 17.5. The Morgan fingerprint density at radius 3 is 2.37 bits per heavy atom. The Balaban J connectivity index is 0.00000115. The first kappa shape index (κ1) is 32.0. The van der Waals surface area contributed by atoms with E-state index in [1.54, 1.807) is 12.3 Å². The fourth-order valence-corrected chi connectivity index (χ4v) is 3.75. The molecule has 0 N–H and O–H groups in total. The monoisotopic (exact) mass is 479 g/mol. The van der Waals surface area contributed by atoms with Crippen molar-refractivity contribution in [2.45, 2.75) is 74.7 Å². The minimum Gasteiger partial charge on any atom is -0.354 e. The molecule has 0 fully saturated rings. The van der Waals surface area contributed by atoms with E-state index in [0.29, 0.717) is 11.4 Å². The molecular formula is C31H46FN3. The van der Waals surface area contributed by atoms with Gasteiger partial charge in [-0.2, -0.15) is 0 Å². The lowest BCUT2D eigenvalue weighted by Gasteiger charge is -2.26. The average molecular weight is 480 g/mol. The van der Waals surface area contributed by atoms with Gasteiger partial charge in [0.05, 0.1) is 5.69 Å². The van der Waals surface area contributed by atoms with Crippen molar-refractivity contribution in [3.63, 3.8) is 0 Å². The molecule has 35 heavy (non-hydrogen) atoms. The van der Waals surface area contributed by atoms with Gasteiger partial charge in [-0.15, -0.1) is 0 Å². The quantitative estimate of drug-likeness (QED) is 0.411. The van der Waals surface area contributed by atoms with E-state index in [4.69, 9.17) is 0 Å². The van der Waals surface area contributed by atoms with Crippen LogP contribution in [0.25, 0.3) is 11.6 Å². The van der Waals surface area contributed by atoms with Gasteiger partial charge in [0.15, 0.2) is 11.6 Å². The van der Waals surface area contributed by atoms with Gasteiger partial charge in [-0.1, -0.05) is 78.1 Å². The zero-order valence-electron chi connectivity index (χ0n) is 21.9. The van der Waals surface area contributed by atoms with E-state index >= 15 is 0 Å².